The van der Waals surface area contributed by atoms with Crippen molar-refractivity contribution in [1.29, 1.82) is 0 Å². The van der Waals surface area contributed by atoms with Gasteiger partial charge in [0.1, 0.15) is 11.6 Å². The molecule has 3 nitrogen and oxygen atoms in total. The van der Waals surface area contributed by atoms with Crippen molar-refractivity contribution in [3.05, 3.63) is 76.1 Å². The average molecular weight is 364 g/mol. The molecule has 1 aliphatic heterocycles. The Bertz CT molecular complexity index is 1110. The zero-order chi connectivity index (χ0) is 19.3. The van der Waals surface area contributed by atoms with Gasteiger partial charge >= 0.3 is 0 Å². The largest absolute Gasteiger partial charge is 0.359 e. The van der Waals surface area contributed by atoms with Crippen molar-refractivity contribution in [2.75, 3.05) is 5.32 Å². The van der Waals surface area contributed by atoms with Crippen molar-refractivity contribution in [3.8, 4) is 11.1 Å². The lowest BCUT2D eigenvalue weighted by atomic mass is 9.93. The lowest BCUT2D eigenvalue weighted by Crippen LogP contribution is -2.03. The number of aromatic nitrogens is 1. The number of aryl methyl sites for hydroxylation is 1. The van der Waals surface area contributed by atoms with Crippen molar-refractivity contribution < 1.29 is 13.6 Å². The Morgan fingerprint density at radius 2 is 1.56 bits per heavy atom. The van der Waals surface area contributed by atoms with Gasteiger partial charge in [0.05, 0.1) is 11.1 Å². The molecule has 2 heterocycles. The minimum atomic E-state index is -0.662. The summed E-state index contributed by atoms with van der Waals surface area (Å²) in [4.78, 5) is 15.9. The Labute approximate surface area is 155 Å². The predicted molar refractivity (Wildman–Crippen MR) is 103 cm³/mol. The quantitative estimate of drug-likeness (QED) is 0.589. The van der Waals surface area contributed by atoms with E-state index in [-0.39, 0.29) is 11.5 Å². The lowest BCUT2D eigenvalue weighted by molar-refractivity contribution is -0.110. The second kappa shape index (κ2) is 6.20. The van der Waals surface area contributed by atoms with E-state index in [4.69, 9.17) is 0 Å². The van der Waals surface area contributed by atoms with E-state index in [9.17, 15) is 13.6 Å². The number of anilines is 1. The molecule has 0 radical (unpaired) electrons. The highest BCUT2D eigenvalue weighted by Crippen LogP contribution is 2.42. The molecule has 2 aromatic carbocycles. The number of halogens is 2. The molecule has 4 rings (SSSR count). The van der Waals surface area contributed by atoms with Crippen LogP contribution in [0.1, 0.15) is 28.1 Å². The van der Waals surface area contributed by atoms with Gasteiger partial charge in [0, 0.05) is 22.6 Å². The van der Waals surface area contributed by atoms with Gasteiger partial charge < -0.3 is 10.3 Å². The van der Waals surface area contributed by atoms with Gasteiger partial charge in [0.25, 0.3) is 5.91 Å². The third-order valence-corrected chi connectivity index (χ3v) is 5.20. The van der Waals surface area contributed by atoms with E-state index in [1.54, 1.807) is 24.3 Å². The van der Waals surface area contributed by atoms with Crippen molar-refractivity contribution in [1.82, 2.24) is 4.98 Å². The molecule has 0 saturated heterocycles. The van der Waals surface area contributed by atoms with E-state index in [1.807, 2.05) is 20.8 Å². The van der Waals surface area contributed by atoms with E-state index in [0.717, 1.165) is 22.5 Å². The molecule has 0 saturated carbocycles. The molecule has 136 valence electrons. The fourth-order valence-electron chi connectivity index (χ4n) is 3.51. The Hall–Kier alpha value is -3.21. The number of fused-ring (bicyclic) bond motifs is 1. The molecule has 1 amide bonds. The topological polar surface area (TPSA) is 44.9 Å². The minimum absolute atomic E-state index is 0.132. The van der Waals surface area contributed by atoms with Gasteiger partial charge in [-0.05, 0) is 61.7 Å². The first-order chi connectivity index (χ1) is 12.9. The summed E-state index contributed by atoms with van der Waals surface area (Å²) in [5.74, 6) is -1.62. The summed E-state index contributed by atoms with van der Waals surface area (Å²) >= 11 is 0. The van der Waals surface area contributed by atoms with Crippen LogP contribution in [-0.4, -0.2) is 10.9 Å². The van der Waals surface area contributed by atoms with Gasteiger partial charge in [-0.3, -0.25) is 4.79 Å². The third kappa shape index (κ3) is 2.67. The Kier molecular flexibility index (Phi) is 3.95. The molecule has 2 N–H and O–H groups in total. The zero-order valence-electron chi connectivity index (χ0n) is 15.2. The van der Waals surface area contributed by atoms with Crippen LogP contribution >= 0.6 is 0 Å². The fourth-order valence-corrected chi connectivity index (χ4v) is 3.51. The standard InChI is InChI=1S/C22H18F2N2O/c1-11-12(2)19(25-13(11)3)10-15-20-14(6-4-9-18(20)26-22(15)27)21-16(23)7-5-8-17(21)24/h4-10,25H,1-3H3,(H,26,27)/b15-10-. The highest BCUT2D eigenvalue weighted by molar-refractivity contribution is 6.36. The normalized spacial score (nSPS) is 14.6. The van der Waals surface area contributed by atoms with Crippen LogP contribution in [-0.2, 0) is 4.79 Å². The van der Waals surface area contributed by atoms with Crippen LogP contribution in [0.5, 0.6) is 0 Å². The maximum Gasteiger partial charge on any atom is 0.256 e. The van der Waals surface area contributed by atoms with Crippen molar-refractivity contribution in [3.63, 3.8) is 0 Å². The number of hydrogen-bond acceptors (Lipinski definition) is 1. The number of nitrogens with one attached hydrogen (secondary N) is 2. The monoisotopic (exact) mass is 364 g/mol. The maximum absolute atomic E-state index is 14.4. The minimum Gasteiger partial charge on any atom is -0.359 e. The molecular weight excluding hydrogens is 346 g/mol. The molecule has 27 heavy (non-hydrogen) atoms. The summed E-state index contributed by atoms with van der Waals surface area (Å²) in [5, 5.41) is 2.79. The summed E-state index contributed by atoms with van der Waals surface area (Å²) < 4.78 is 28.8. The number of carbonyl (C=O) groups excluding carboxylic acids is 1. The molecule has 0 fully saturated rings. The van der Waals surface area contributed by atoms with Gasteiger partial charge in [-0.2, -0.15) is 0 Å². The van der Waals surface area contributed by atoms with Crippen LogP contribution in [0.3, 0.4) is 0 Å². The second-order valence-corrected chi connectivity index (χ2v) is 6.75. The van der Waals surface area contributed by atoms with Gasteiger partial charge in [-0.15, -0.1) is 0 Å². The smallest absolute Gasteiger partial charge is 0.256 e. The van der Waals surface area contributed by atoms with Crippen LogP contribution in [0.2, 0.25) is 0 Å². The molecule has 0 bridgehead atoms. The van der Waals surface area contributed by atoms with Crippen LogP contribution < -0.4 is 5.32 Å². The first kappa shape index (κ1) is 17.2. The fraction of sp³-hybridized carbons (Fsp3) is 0.136. The van der Waals surface area contributed by atoms with E-state index in [2.05, 4.69) is 10.3 Å². The zero-order valence-corrected chi connectivity index (χ0v) is 15.2. The van der Waals surface area contributed by atoms with Gasteiger partial charge in [0.2, 0.25) is 0 Å². The SMILES string of the molecule is Cc1[nH]c(/C=C2\C(=O)Nc3cccc(-c4c(F)cccc4F)c32)c(C)c1C. The number of carbonyl (C=O) groups is 1. The molecule has 0 spiro atoms. The summed E-state index contributed by atoms with van der Waals surface area (Å²) in [6, 6.07) is 8.80. The summed E-state index contributed by atoms with van der Waals surface area (Å²) in [6.45, 7) is 5.95. The summed E-state index contributed by atoms with van der Waals surface area (Å²) in [5.41, 5.74) is 5.65. The third-order valence-electron chi connectivity index (χ3n) is 5.20. The molecule has 3 aromatic rings. The number of aromatic amines is 1. The van der Waals surface area contributed by atoms with Crippen LogP contribution in [0.15, 0.2) is 36.4 Å². The number of amides is 1. The van der Waals surface area contributed by atoms with Gasteiger partial charge in [-0.25, -0.2) is 8.78 Å². The Balaban J connectivity index is 1.97. The van der Waals surface area contributed by atoms with Crippen LogP contribution in [0, 0.1) is 32.4 Å². The van der Waals surface area contributed by atoms with E-state index in [0.29, 0.717) is 22.4 Å². The number of benzene rings is 2. The van der Waals surface area contributed by atoms with Crippen LogP contribution in [0.25, 0.3) is 22.8 Å². The highest BCUT2D eigenvalue weighted by Gasteiger charge is 2.29. The second-order valence-electron chi connectivity index (χ2n) is 6.75. The average Bonchev–Trinajstić information content (AvgIpc) is 3.07. The molecule has 0 atom stereocenters. The van der Waals surface area contributed by atoms with Crippen molar-refractivity contribution in [2.45, 2.75) is 20.8 Å². The Morgan fingerprint density at radius 1 is 0.889 bits per heavy atom. The molecule has 0 unspecified atom stereocenters. The Morgan fingerprint density at radius 3 is 2.19 bits per heavy atom. The van der Waals surface area contributed by atoms with Crippen molar-refractivity contribution in [2.24, 2.45) is 0 Å². The first-order valence-electron chi connectivity index (χ1n) is 8.65. The number of rotatable bonds is 2. The molecule has 5 heteroatoms. The number of hydrogen-bond donors (Lipinski definition) is 2. The van der Waals surface area contributed by atoms with Gasteiger partial charge in [-0.1, -0.05) is 18.2 Å². The van der Waals surface area contributed by atoms with Crippen LogP contribution in [0.4, 0.5) is 14.5 Å². The van der Waals surface area contributed by atoms with E-state index in [1.165, 1.54) is 18.2 Å². The molecule has 0 aliphatic carbocycles. The maximum atomic E-state index is 14.4. The number of H-pyrrole nitrogens is 1. The predicted octanol–water partition coefficient (Wildman–Crippen LogP) is 5.38. The first-order valence-corrected chi connectivity index (χ1v) is 8.65. The van der Waals surface area contributed by atoms with E-state index < -0.39 is 11.6 Å². The lowest BCUT2D eigenvalue weighted by Gasteiger charge is -2.10. The summed E-state index contributed by atoms with van der Waals surface area (Å²) in [7, 11) is 0. The van der Waals surface area contributed by atoms with Gasteiger partial charge in [0.15, 0.2) is 0 Å². The highest BCUT2D eigenvalue weighted by atomic mass is 19.1. The van der Waals surface area contributed by atoms with Crippen molar-refractivity contribution >= 4 is 23.2 Å². The van der Waals surface area contributed by atoms with E-state index >= 15 is 0 Å². The molecular formula is C22H18F2N2O. The molecule has 1 aliphatic rings. The molecule has 1 aromatic heterocycles. The summed E-state index contributed by atoms with van der Waals surface area (Å²) in [6.07, 6.45) is 1.75.